The molecule has 4 rings (SSSR count). The highest BCUT2D eigenvalue weighted by Crippen LogP contribution is 2.34. The van der Waals surface area contributed by atoms with Crippen molar-refractivity contribution >= 4 is 6.09 Å². The predicted molar refractivity (Wildman–Crippen MR) is 124 cm³/mol. The average molecular weight is 444 g/mol. The molecule has 1 amide bonds. The van der Waals surface area contributed by atoms with E-state index in [0.29, 0.717) is 24.0 Å². The first-order chi connectivity index (χ1) is 16.2. The SMILES string of the molecule is CNC(=O)OCc1nc(-c2ccc(OC)cc2)c(-c2ccc(OCc3ccccc3)cc2)o1. The number of rotatable bonds is 8. The van der Waals surface area contributed by atoms with Gasteiger partial charge in [-0.3, -0.25) is 0 Å². The van der Waals surface area contributed by atoms with E-state index in [9.17, 15) is 4.79 Å². The van der Waals surface area contributed by atoms with Crippen LogP contribution in [-0.2, 0) is 18.0 Å². The molecule has 1 N–H and O–H groups in total. The van der Waals surface area contributed by atoms with Crippen LogP contribution in [0.2, 0.25) is 0 Å². The van der Waals surface area contributed by atoms with Crippen molar-refractivity contribution < 1.29 is 23.4 Å². The minimum atomic E-state index is -0.555. The molecule has 0 aliphatic rings. The summed E-state index contributed by atoms with van der Waals surface area (Å²) in [6.45, 7) is 0.404. The van der Waals surface area contributed by atoms with Crippen LogP contribution in [0, 0.1) is 0 Å². The molecule has 7 heteroatoms. The Labute approximate surface area is 191 Å². The molecule has 0 fully saturated rings. The molecule has 0 unspecified atom stereocenters. The zero-order valence-electron chi connectivity index (χ0n) is 18.4. The van der Waals surface area contributed by atoms with Crippen molar-refractivity contribution in [2.24, 2.45) is 0 Å². The van der Waals surface area contributed by atoms with Crippen LogP contribution in [0.15, 0.2) is 83.3 Å². The molecule has 1 heterocycles. The van der Waals surface area contributed by atoms with Gasteiger partial charge in [0, 0.05) is 18.2 Å². The number of amides is 1. The molecule has 168 valence electrons. The molecular weight excluding hydrogens is 420 g/mol. The number of oxazole rings is 1. The summed E-state index contributed by atoms with van der Waals surface area (Å²) in [5, 5.41) is 2.40. The van der Waals surface area contributed by atoms with Crippen molar-refractivity contribution in [2.75, 3.05) is 14.2 Å². The molecule has 33 heavy (non-hydrogen) atoms. The molecule has 0 radical (unpaired) electrons. The largest absolute Gasteiger partial charge is 0.497 e. The fourth-order valence-corrected chi connectivity index (χ4v) is 3.21. The highest BCUT2D eigenvalue weighted by Gasteiger charge is 2.18. The Morgan fingerprint density at radius 2 is 1.55 bits per heavy atom. The second-order valence-corrected chi connectivity index (χ2v) is 7.14. The summed E-state index contributed by atoms with van der Waals surface area (Å²) in [4.78, 5) is 16.0. The lowest BCUT2D eigenvalue weighted by atomic mass is 10.1. The van der Waals surface area contributed by atoms with E-state index < -0.39 is 6.09 Å². The van der Waals surface area contributed by atoms with E-state index in [1.54, 1.807) is 7.11 Å². The van der Waals surface area contributed by atoms with E-state index in [0.717, 1.165) is 28.2 Å². The first-order valence-corrected chi connectivity index (χ1v) is 10.4. The van der Waals surface area contributed by atoms with Crippen LogP contribution < -0.4 is 14.8 Å². The van der Waals surface area contributed by atoms with Crippen LogP contribution >= 0.6 is 0 Å². The quantitative estimate of drug-likeness (QED) is 0.389. The number of nitrogens with zero attached hydrogens (tertiary/aromatic N) is 1. The number of carbonyl (C=O) groups excluding carboxylic acids is 1. The van der Waals surface area contributed by atoms with E-state index in [-0.39, 0.29) is 6.61 Å². The molecule has 7 nitrogen and oxygen atoms in total. The van der Waals surface area contributed by atoms with Gasteiger partial charge >= 0.3 is 6.09 Å². The monoisotopic (exact) mass is 444 g/mol. The van der Waals surface area contributed by atoms with Gasteiger partial charge < -0.3 is 23.9 Å². The number of aromatic nitrogens is 1. The fourth-order valence-electron chi connectivity index (χ4n) is 3.21. The molecule has 0 aliphatic heterocycles. The third-order valence-corrected chi connectivity index (χ3v) is 4.93. The smallest absolute Gasteiger partial charge is 0.407 e. The maximum atomic E-state index is 11.5. The summed E-state index contributed by atoms with van der Waals surface area (Å²) < 4.78 is 22.2. The zero-order chi connectivity index (χ0) is 23.0. The first kappa shape index (κ1) is 22.0. The molecule has 3 aromatic carbocycles. The number of ether oxygens (including phenoxy) is 3. The summed E-state index contributed by atoms with van der Waals surface area (Å²) in [5.41, 5.74) is 3.42. The van der Waals surface area contributed by atoms with Crippen molar-refractivity contribution in [3.05, 3.63) is 90.3 Å². The van der Waals surface area contributed by atoms with Gasteiger partial charge in [-0.15, -0.1) is 0 Å². The molecule has 0 aliphatic carbocycles. The molecule has 0 atom stereocenters. The topological polar surface area (TPSA) is 82.8 Å². The van der Waals surface area contributed by atoms with Crippen molar-refractivity contribution in [2.45, 2.75) is 13.2 Å². The number of benzene rings is 3. The maximum Gasteiger partial charge on any atom is 0.407 e. The highest BCUT2D eigenvalue weighted by atomic mass is 16.6. The van der Waals surface area contributed by atoms with Crippen LogP contribution in [-0.4, -0.2) is 25.2 Å². The van der Waals surface area contributed by atoms with Gasteiger partial charge in [0.25, 0.3) is 0 Å². The summed E-state index contributed by atoms with van der Waals surface area (Å²) >= 11 is 0. The van der Waals surface area contributed by atoms with Crippen molar-refractivity contribution in [1.82, 2.24) is 10.3 Å². The molecular formula is C26H24N2O5. The molecule has 0 bridgehead atoms. The molecule has 0 saturated carbocycles. The normalized spacial score (nSPS) is 10.5. The Hall–Kier alpha value is -4.26. The van der Waals surface area contributed by atoms with Gasteiger partial charge in [-0.2, -0.15) is 0 Å². The van der Waals surface area contributed by atoms with Crippen molar-refractivity contribution in [3.63, 3.8) is 0 Å². The van der Waals surface area contributed by atoms with E-state index >= 15 is 0 Å². The standard InChI is InChI=1S/C26H24N2O5/c1-27-26(29)32-17-23-28-24(19-8-12-21(30-2)13-9-19)25(33-23)20-10-14-22(15-11-20)31-16-18-6-4-3-5-7-18/h3-15H,16-17H2,1-2H3,(H,27,29). The van der Waals surface area contributed by atoms with E-state index in [2.05, 4.69) is 10.3 Å². The lowest BCUT2D eigenvalue weighted by Crippen LogP contribution is -2.18. The Morgan fingerprint density at radius 1 is 0.879 bits per heavy atom. The number of hydrogen-bond donors (Lipinski definition) is 1. The minimum Gasteiger partial charge on any atom is -0.497 e. The van der Waals surface area contributed by atoms with Crippen LogP contribution in [0.25, 0.3) is 22.6 Å². The van der Waals surface area contributed by atoms with Gasteiger partial charge in [-0.05, 0) is 54.1 Å². The first-order valence-electron chi connectivity index (χ1n) is 10.4. The Bertz CT molecular complexity index is 1190. The number of hydrogen-bond acceptors (Lipinski definition) is 6. The number of alkyl carbamates (subject to hydrolysis) is 1. The van der Waals surface area contributed by atoms with Crippen LogP contribution in [0.3, 0.4) is 0 Å². The zero-order valence-corrected chi connectivity index (χ0v) is 18.4. The fraction of sp³-hybridized carbons (Fsp3) is 0.154. The van der Waals surface area contributed by atoms with Crippen LogP contribution in [0.4, 0.5) is 4.79 Å². The van der Waals surface area contributed by atoms with Crippen molar-refractivity contribution in [3.8, 4) is 34.1 Å². The predicted octanol–water partition coefficient (Wildman–Crippen LogP) is 5.45. The van der Waals surface area contributed by atoms with Gasteiger partial charge in [-0.25, -0.2) is 9.78 Å². The molecule has 4 aromatic rings. The van der Waals surface area contributed by atoms with E-state index in [1.807, 2.05) is 78.9 Å². The van der Waals surface area contributed by atoms with E-state index in [4.69, 9.17) is 18.6 Å². The van der Waals surface area contributed by atoms with Gasteiger partial charge in [0.05, 0.1) is 7.11 Å². The lowest BCUT2D eigenvalue weighted by Gasteiger charge is -2.07. The third-order valence-electron chi connectivity index (χ3n) is 4.93. The third kappa shape index (κ3) is 5.51. The van der Waals surface area contributed by atoms with Crippen LogP contribution in [0.5, 0.6) is 11.5 Å². The maximum absolute atomic E-state index is 11.5. The highest BCUT2D eigenvalue weighted by molar-refractivity contribution is 5.77. The molecule has 0 spiro atoms. The van der Waals surface area contributed by atoms with Crippen molar-refractivity contribution in [1.29, 1.82) is 0 Å². The summed E-state index contributed by atoms with van der Waals surface area (Å²) in [6, 6.07) is 25.1. The van der Waals surface area contributed by atoms with Gasteiger partial charge in [-0.1, -0.05) is 30.3 Å². The van der Waals surface area contributed by atoms with Gasteiger partial charge in [0.1, 0.15) is 23.8 Å². The van der Waals surface area contributed by atoms with Gasteiger partial charge in [0.2, 0.25) is 5.89 Å². The minimum absolute atomic E-state index is 0.0822. The van der Waals surface area contributed by atoms with Gasteiger partial charge in [0.15, 0.2) is 12.4 Å². The number of methoxy groups -OCH3 is 1. The Balaban J connectivity index is 1.58. The number of nitrogens with one attached hydrogen (secondary N) is 1. The second kappa shape index (κ2) is 10.4. The molecule has 0 saturated heterocycles. The summed E-state index contributed by atoms with van der Waals surface area (Å²) in [6.07, 6.45) is -0.555. The second-order valence-electron chi connectivity index (χ2n) is 7.14. The average Bonchev–Trinajstić information content (AvgIpc) is 3.31. The molecule has 1 aromatic heterocycles. The summed E-state index contributed by atoms with van der Waals surface area (Å²) in [5.74, 6) is 2.36. The van der Waals surface area contributed by atoms with E-state index in [1.165, 1.54) is 7.05 Å². The Morgan fingerprint density at radius 3 is 2.21 bits per heavy atom. The Kier molecular flexibility index (Phi) is 6.90. The number of carbonyl (C=O) groups is 1. The lowest BCUT2D eigenvalue weighted by molar-refractivity contribution is 0.131. The summed E-state index contributed by atoms with van der Waals surface area (Å²) in [7, 11) is 3.11. The van der Waals surface area contributed by atoms with Crippen LogP contribution in [0.1, 0.15) is 11.5 Å².